The van der Waals surface area contributed by atoms with Crippen LogP contribution in [0.1, 0.15) is 27.2 Å². The standard InChI is InChI=1S/C9H18O3S/c1-9(2,3)5-6-13-7-8(10)12-11-4/h5-7H2,1-4H3. The van der Waals surface area contributed by atoms with Crippen LogP contribution < -0.4 is 0 Å². The third kappa shape index (κ3) is 9.70. The molecule has 0 aromatic carbocycles. The molecule has 0 aliphatic heterocycles. The summed E-state index contributed by atoms with van der Waals surface area (Å²) < 4.78 is 0. The number of carbonyl (C=O) groups is 1. The molecule has 0 amide bonds. The number of hydrogen-bond donors (Lipinski definition) is 0. The van der Waals surface area contributed by atoms with Gasteiger partial charge in [-0.15, -0.1) is 0 Å². The third-order valence-electron chi connectivity index (χ3n) is 1.39. The molecule has 3 nitrogen and oxygen atoms in total. The monoisotopic (exact) mass is 206 g/mol. The summed E-state index contributed by atoms with van der Waals surface area (Å²) in [5, 5.41) is 0. The van der Waals surface area contributed by atoms with Crippen LogP contribution >= 0.6 is 11.8 Å². The van der Waals surface area contributed by atoms with Crippen LogP contribution in [0.25, 0.3) is 0 Å². The second-order valence-electron chi connectivity index (χ2n) is 3.99. The van der Waals surface area contributed by atoms with E-state index in [1.165, 1.54) is 7.11 Å². The van der Waals surface area contributed by atoms with Gasteiger partial charge in [-0.05, 0) is 17.6 Å². The van der Waals surface area contributed by atoms with Crippen LogP contribution in [0.4, 0.5) is 0 Å². The predicted octanol–water partition coefficient (Wildman–Crippen LogP) is 2.26. The van der Waals surface area contributed by atoms with E-state index in [0.29, 0.717) is 11.2 Å². The highest BCUT2D eigenvalue weighted by atomic mass is 32.2. The van der Waals surface area contributed by atoms with Crippen LogP contribution in [0.3, 0.4) is 0 Å². The first-order chi connectivity index (χ1) is 5.95. The van der Waals surface area contributed by atoms with Crippen LogP contribution in [-0.4, -0.2) is 24.6 Å². The number of carbonyl (C=O) groups excluding carboxylic acids is 1. The first-order valence-corrected chi connectivity index (χ1v) is 5.42. The van der Waals surface area contributed by atoms with Gasteiger partial charge in [0.05, 0.1) is 12.9 Å². The summed E-state index contributed by atoms with van der Waals surface area (Å²) in [6.45, 7) is 6.54. The van der Waals surface area contributed by atoms with E-state index in [4.69, 9.17) is 0 Å². The summed E-state index contributed by atoms with van der Waals surface area (Å²) in [5.74, 6) is 1.02. The minimum atomic E-state index is -0.318. The number of thioether (sulfide) groups is 1. The van der Waals surface area contributed by atoms with Crippen LogP contribution in [0.15, 0.2) is 0 Å². The van der Waals surface area contributed by atoms with Gasteiger partial charge >= 0.3 is 5.97 Å². The van der Waals surface area contributed by atoms with Gasteiger partial charge in [-0.25, -0.2) is 4.79 Å². The SMILES string of the molecule is COOC(=O)CSCCC(C)(C)C. The highest BCUT2D eigenvalue weighted by molar-refractivity contribution is 7.99. The van der Waals surface area contributed by atoms with Crippen molar-refractivity contribution in [2.45, 2.75) is 27.2 Å². The molecule has 0 aliphatic carbocycles. The van der Waals surface area contributed by atoms with E-state index in [1.54, 1.807) is 11.8 Å². The van der Waals surface area contributed by atoms with E-state index >= 15 is 0 Å². The molecule has 0 aromatic rings. The summed E-state index contributed by atoms with van der Waals surface area (Å²) >= 11 is 1.57. The van der Waals surface area contributed by atoms with E-state index < -0.39 is 0 Å². The molecule has 0 aliphatic rings. The van der Waals surface area contributed by atoms with Crippen LogP contribution in [-0.2, 0) is 14.6 Å². The zero-order chi connectivity index (χ0) is 10.3. The minimum Gasteiger partial charge on any atom is -0.298 e. The lowest BCUT2D eigenvalue weighted by atomic mass is 9.94. The van der Waals surface area contributed by atoms with Crippen LogP contribution in [0.5, 0.6) is 0 Å². The Morgan fingerprint density at radius 3 is 2.46 bits per heavy atom. The molecule has 0 rings (SSSR count). The van der Waals surface area contributed by atoms with Crippen molar-refractivity contribution in [3.63, 3.8) is 0 Å². The zero-order valence-corrected chi connectivity index (χ0v) is 9.57. The molecule has 0 bridgehead atoms. The van der Waals surface area contributed by atoms with Crippen molar-refractivity contribution in [2.75, 3.05) is 18.6 Å². The number of rotatable bonds is 5. The molecular weight excluding hydrogens is 188 g/mol. The lowest BCUT2D eigenvalue weighted by Crippen LogP contribution is -2.09. The maximum atomic E-state index is 10.8. The molecule has 0 N–H and O–H groups in total. The Bertz CT molecular complexity index is 151. The summed E-state index contributed by atoms with van der Waals surface area (Å²) in [5.41, 5.74) is 0.332. The molecule has 0 unspecified atom stereocenters. The van der Waals surface area contributed by atoms with Crippen molar-refractivity contribution in [1.29, 1.82) is 0 Å². The molecule has 78 valence electrons. The van der Waals surface area contributed by atoms with E-state index in [9.17, 15) is 4.79 Å². The minimum absolute atomic E-state index is 0.318. The van der Waals surface area contributed by atoms with Crippen molar-refractivity contribution in [3.8, 4) is 0 Å². The Hall–Kier alpha value is -0.220. The van der Waals surface area contributed by atoms with Gasteiger partial charge < -0.3 is 0 Å². The molecule has 13 heavy (non-hydrogen) atoms. The van der Waals surface area contributed by atoms with Gasteiger partial charge in [0.2, 0.25) is 0 Å². The molecule has 4 heteroatoms. The van der Waals surface area contributed by atoms with Gasteiger partial charge in [0, 0.05) is 0 Å². The Labute approximate surface area is 84.1 Å². The molecule has 0 spiro atoms. The van der Waals surface area contributed by atoms with Gasteiger partial charge in [-0.3, -0.25) is 4.89 Å². The highest BCUT2D eigenvalue weighted by Crippen LogP contribution is 2.21. The quantitative estimate of drug-likeness (QED) is 0.393. The smallest absolute Gasteiger partial charge is 0.298 e. The van der Waals surface area contributed by atoms with Crippen molar-refractivity contribution in [2.24, 2.45) is 5.41 Å². The average molecular weight is 206 g/mol. The first kappa shape index (κ1) is 12.8. The lowest BCUT2D eigenvalue weighted by Gasteiger charge is -2.16. The van der Waals surface area contributed by atoms with E-state index in [-0.39, 0.29) is 5.97 Å². The second kappa shape index (κ2) is 6.27. The third-order valence-corrected chi connectivity index (χ3v) is 2.33. The van der Waals surface area contributed by atoms with Crippen molar-refractivity contribution >= 4 is 17.7 Å². The molecule has 0 fully saturated rings. The van der Waals surface area contributed by atoms with Crippen LogP contribution in [0, 0.1) is 5.41 Å². The summed E-state index contributed by atoms with van der Waals surface area (Å²) in [4.78, 5) is 19.4. The topological polar surface area (TPSA) is 35.5 Å². The summed E-state index contributed by atoms with van der Waals surface area (Å²) in [7, 11) is 1.33. The predicted molar refractivity (Wildman–Crippen MR) is 54.5 cm³/mol. The Morgan fingerprint density at radius 2 is 2.00 bits per heavy atom. The highest BCUT2D eigenvalue weighted by Gasteiger charge is 2.10. The van der Waals surface area contributed by atoms with Gasteiger partial charge in [0.25, 0.3) is 0 Å². The van der Waals surface area contributed by atoms with Gasteiger partial charge in [0.15, 0.2) is 0 Å². The maximum absolute atomic E-state index is 10.8. The molecule has 0 saturated heterocycles. The van der Waals surface area contributed by atoms with Gasteiger partial charge in [0.1, 0.15) is 0 Å². The van der Waals surface area contributed by atoms with Crippen molar-refractivity contribution < 1.29 is 14.6 Å². The van der Waals surface area contributed by atoms with E-state index in [2.05, 4.69) is 30.5 Å². The maximum Gasteiger partial charge on any atom is 0.352 e. The van der Waals surface area contributed by atoms with Gasteiger partial charge in [-0.2, -0.15) is 16.6 Å². The normalized spacial score (nSPS) is 11.4. The van der Waals surface area contributed by atoms with E-state index in [0.717, 1.165) is 12.2 Å². The molecular formula is C9H18O3S. The molecule has 0 heterocycles. The number of hydrogen-bond acceptors (Lipinski definition) is 4. The first-order valence-electron chi connectivity index (χ1n) is 4.27. The van der Waals surface area contributed by atoms with Crippen molar-refractivity contribution in [1.82, 2.24) is 0 Å². The fourth-order valence-corrected chi connectivity index (χ4v) is 1.77. The van der Waals surface area contributed by atoms with Crippen molar-refractivity contribution in [3.05, 3.63) is 0 Å². The van der Waals surface area contributed by atoms with E-state index in [1.807, 2.05) is 0 Å². The molecule has 0 aromatic heterocycles. The Morgan fingerprint density at radius 1 is 1.38 bits per heavy atom. The molecule has 0 radical (unpaired) electrons. The second-order valence-corrected chi connectivity index (χ2v) is 5.09. The Balaban J connectivity index is 3.31. The lowest BCUT2D eigenvalue weighted by molar-refractivity contribution is -0.252. The fraction of sp³-hybridized carbons (Fsp3) is 0.889. The summed E-state index contributed by atoms with van der Waals surface area (Å²) in [6.07, 6.45) is 1.10. The fourth-order valence-electron chi connectivity index (χ4n) is 0.651. The molecule has 0 atom stereocenters. The average Bonchev–Trinajstić information content (AvgIpc) is 1.97. The van der Waals surface area contributed by atoms with Gasteiger partial charge in [-0.1, -0.05) is 20.8 Å². The van der Waals surface area contributed by atoms with Crippen LogP contribution in [0.2, 0.25) is 0 Å². The zero-order valence-electron chi connectivity index (χ0n) is 8.75. The summed E-state index contributed by atoms with van der Waals surface area (Å²) in [6, 6.07) is 0. The Kier molecular flexibility index (Phi) is 6.16. The molecule has 0 saturated carbocycles. The largest absolute Gasteiger partial charge is 0.352 e.